The molecule has 0 spiro atoms. The predicted octanol–water partition coefficient (Wildman–Crippen LogP) is -1.14. The summed E-state index contributed by atoms with van der Waals surface area (Å²) >= 11 is 0. The second kappa shape index (κ2) is 5.08. The van der Waals surface area contributed by atoms with Gasteiger partial charge in [-0.05, 0) is 28.1 Å². The third-order valence-electron chi connectivity index (χ3n) is 2.02. The summed E-state index contributed by atoms with van der Waals surface area (Å²) in [6, 6.07) is -0.0299. The van der Waals surface area contributed by atoms with Gasteiger partial charge in [-0.3, -0.25) is 15.4 Å². The molecule has 0 saturated carbocycles. The quantitative estimate of drug-likeness (QED) is 0.352. The third kappa shape index (κ3) is 2.17. The van der Waals surface area contributed by atoms with Gasteiger partial charge in [-0.2, -0.15) is 0 Å². The van der Waals surface area contributed by atoms with Crippen LogP contribution in [0.1, 0.15) is 6.92 Å². The number of nitrogens with one attached hydrogen (secondary N) is 3. The second-order valence-corrected chi connectivity index (χ2v) is 2.46. The van der Waals surface area contributed by atoms with Crippen molar-refractivity contribution in [2.24, 2.45) is 0 Å². The van der Waals surface area contributed by atoms with Crippen LogP contribution in [0.25, 0.3) is 0 Å². The Morgan fingerprint density at radius 3 is 2.08 bits per heavy atom. The van der Waals surface area contributed by atoms with E-state index in [2.05, 4.69) is 16.0 Å². The summed E-state index contributed by atoms with van der Waals surface area (Å²) in [6.07, 6.45) is 0. The molecule has 0 fully saturated rings. The number of hydrogen-bond acceptors (Lipinski definition) is 5. The Hall–Kier alpha value is -0.650. The summed E-state index contributed by atoms with van der Waals surface area (Å²) < 4.78 is 4.92. The molecular weight excluding hydrogens is 158 g/mol. The summed E-state index contributed by atoms with van der Waals surface area (Å²) in [4.78, 5) is 10.2. The van der Waals surface area contributed by atoms with Crippen LogP contribution < -0.4 is 16.0 Å². The van der Waals surface area contributed by atoms with Gasteiger partial charge in [0.2, 0.25) is 5.85 Å². The number of carbonyl (C=O) groups is 1. The molecule has 0 aliphatic carbocycles. The molecule has 5 heteroatoms. The van der Waals surface area contributed by atoms with Crippen molar-refractivity contribution in [1.29, 1.82) is 0 Å². The first-order valence-corrected chi connectivity index (χ1v) is 3.83. The Morgan fingerprint density at radius 2 is 1.83 bits per heavy atom. The Balaban J connectivity index is 4.43. The van der Waals surface area contributed by atoms with Crippen molar-refractivity contribution in [3.63, 3.8) is 0 Å². The maximum Gasteiger partial charge on any atom is 0.295 e. The van der Waals surface area contributed by atoms with E-state index in [-0.39, 0.29) is 6.04 Å². The summed E-state index contributed by atoms with van der Waals surface area (Å²) in [5.41, 5.74) is 0. The maximum absolute atomic E-state index is 10.2. The van der Waals surface area contributed by atoms with Gasteiger partial charge in [0.1, 0.15) is 0 Å². The Morgan fingerprint density at radius 1 is 1.33 bits per heavy atom. The zero-order valence-corrected chi connectivity index (χ0v) is 7.97. The lowest BCUT2D eigenvalue weighted by Crippen LogP contribution is -2.66. The minimum atomic E-state index is -0.837. The van der Waals surface area contributed by atoms with Crippen molar-refractivity contribution < 1.29 is 9.53 Å². The van der Waals surface area contributed by atoms with Crippen molar-refractivity contribution in [3.8, 4) is 0 Å². The Bertz CT molecular complexity index is 137. The van der Waals surface area contributed by atoms with Gasteiger partial charge in [0.05, 0.1) is 6.04 Å². The average Bonchev–Trinajstić information content (AvgIpc) is 2.13. The predicted molar refractivity (Wildman–Crippen MR) is 46.5 cm³/mol. The van der Waals surface area contributed by atoms with E-state index in [9.17, 15) is 4.79 Å². The number of ether oxygens (including phenoxy) is 1. The number of rotatable bonds is 6. The van der Waals surface area contributed by atoms with E-state index in [0.717, 1.165) is 0 Å². The molecule has 1 atom stereocenters. The van der Waals surface area contributed by atoms with E-state index in [1.807, 2.05) is 6.92 Å². The molecule has 72 valence electrons. The molecule has 0 aromatic heterocycles. The summed E-state index contributed by atoms with van der Waals surface area (Å²) in [7, 11) is 5.23. The molecule has 5 nitrogen and oxygen atoms in total. The van der Waals surface area contributed by atoms with Crippen molar-refractivity contribution >= 4 is 6.47 Å². The largest absolute Gasteiger partial charge is 0.431 e. The molecule has 0 aliphatic heterocycles. The van der Waals surface area contributed by atoms with Crippen molar-refractivity contribution in [2.45, 2.75) is 18.8 Å². The van der Waals surface area contributed by atoms with Crippen LogP contribution in [0.15, 0.2) is 0 Å². The molecule has 0 aliphatic rings. The average molecular weight is 175 g/mol. The van der Waals surface area contributed by atoms with E-state index in [4.69, 9.17) is 4.74 Å². The van der Waals surface area contributed by atoms with Crippen LogP contribution >= 0.6 is 0 Å². The number of likely N-dealkylation sites (N-methyl/N-ethyl adjacent to an activating group) is 3. The van der Waals surface area contributed by atoms with Crippen LogP contribution in [0.3, 0.4) is 0 Å². The first-order valence-electron chi connectivity index (χ1n) is 3.83. The van der Waals surface area contributed by atoms with Crippen molar-refractivity contribution in [3.05, 3.63) is 0 Å². The highest BCUT2D eigenvalue weighted by atomic mass is 16.6. The molecule has 0 aromatic rings. The zero-order chi connectivity index (χ0) is 9.61. The molecule has 1 unspecified atom stereocenters. The van der Waals surface area contributed by atoms with Gasteiger partial charge in [-0.15, -0.1) is 0 Å². The minimum Gasteiger partial charge on any atom is -0.431 e. The molecule has 0 amide bonds. The lowest BCUT2D eigenvalue weighted by molar-refractivity contribution is -0.154. The first-order chi connectivity index (χ1) is 5.66. The fourth-order valence-electron chi connectivity index (χ4n) is 1.06. The fourth-order valence-corrected chi connectivity index (χ4v) is 1.06. The van der Waals surface area contributed by atoms with E-state index in [0.29, 0.717) is 6.47 Å². The molecule has 3 N–H and O–H groups in total. The van der Waals surface area contributed by atoms with Crippen LogP contribution in [0, 0.1) is 0 Å². The van der Waals surface area contributed by atoms with Crippen LogP contribution in [-0.4, -0.2) is 39.5 Å². The van der Waals surface area contributed by atoms with Crippen LogP contribution in [0.5, 0.6) is 0 Å². The third-order valence-corrected chi connectivity index (χ3v) is 2.02. The molecule has 0 bridgehead atoms. The highest BCUT2D eigenvalue weighted by molar-refractivity contribution is 5.38. The van der Waals surface area contributed by atoms with E-state index >= 15 is 0 Å². The standard InChI is InChI=1S/C7H17N3O2/c1-6(8-2)7(9-3,10-4)12-5-11/h5-6,8-10H,1-4H3. The Labute approximate surface area is 72.9 Å². The highest BCUT2D eigenvalue weighted by Crippen LogP contribution is 2.05. The topological polar surface area (TPSA) is 62.4 Å². The highest BCUT2D eigenvalue weighted by Gasteiger charge is 2.33. The molecule has 0 heterocycles. The van der Waals surface area contributed by atoms with E-state index < -0.39 is 5.85 Å². The summed E-state index contributed by atoms with van der Waals surface area (Å²) in [6.45, 7) is 2.32. The number of carbonyl (C=O) groups excluding carboxylic acids is 1. The lowest BCUT2D eigenvalue weighted by Gasteiger charge is -2.35. The smallest absolute Gasteiger partial charge is 0.295 e. The van der Waals surface area contributed by atoms with Gasteiger partial charge < -0.3 is 10.1 Å². The van der Waals surface area contributed by atoms with E-state index in [1.165, 1.54) is 0 Å². The van der Waals surface area contributed by atoms with Crippen LogP contribution in [-0.2, 0) is 9.53 Å². The molecule has 0 rings (SSSR count). The monoisotopic (exact) mass is 175 g/mol. The summed E-state index contributed by atoms with van der Waals surface area (Å²) in [5, 5.41) is 8.76. The molecule has 12 heavy (non-hydrogen) atoms. The molecule has 0 radical (unpaired) electrons. The van der Waals surface area contributed by atoms with Gasteiger partial charge in [-0.1, -0.05) is 0 Å². The lowest BCUT2D eigenvalue weighted by atomic mass is 10.2. The Kier molecular flexibility index (Phi) is 4.80. The normalized spacial score (nSPS) is 14.0. The molecular formula is C7H17N3O2. The zero-order valence-electron chi connectivity index (χ0n) is 7.97. The molecule has 0 saturated heterocycles. The van der Waals surface area contributed by atoms with Gasteiger partial charge in [0.25, 0.3) is 6.47 Å². The van der Waals surface area contributed by atoms with Gasteiger partial charge in [0.15, 0.2) is 0 Å². The van der Waals surface area contributed by atoms with Gasteiger partial charge in [-0.25, -0.2) is 0 Å². The number of hydrogen-bond donors (Lipinski definition) is 3. The van der Waals surface area contributed by atoms with Gasteiger partial charge >= 0.3 is 0 Å². The summed E-state index contributed by atoms with van der Waals surface area (Å²) in [5.74, 6) is -0.837. The van der Waals surface area contributed by atoms with Gasteiger partial charge in [0, 0.05) is 0 Å². The minimum absolute atomic E-state index is 0.0299. The second-order valence-electron chi connectivity index (χ2n) is 2.46. The van der Waals surface area contributed by atoms with E-state index in [1.54, 1.807) is 21.1 Å². The fraction of sp³-hybridized carbons (Fsp3) is 0.857. The first kappa shape index (κ1) is 11.4. The maximum atomic E-state index is 10.2. The van der Waals surface area contributed by atoms with Crippen LogP contribution in [0.4, 0.5) is 0 Å². The molecule has 0 aromatic carbocycles. The SMILES string of the molecule is CNC(C)C(NC)(NC)OC=O. The van der Waals surface area contributed by atoms with Crippen molar-refractivity contribution in [1.82, 2.24) is 16.0 Å². The van der Waals surface area contributed by atoms with Crippen molar-refractivity contribution in [2.75, 3.05) is 21.1 Å². The van der Waals surface area contributed by atoms with Crippen LogP contribution in [0.2, 0.25) is 0 Å².